The lowest BCUT2D eigenvalue weighted by molar-refractivity contribution is -0.130. The number of rotatable bonds is 4. The first-order valence-corrected chi connectivity index (χ1v) is 10.8. The van der Waals surface area contributed by atoms with Crippen LogP contribution in [0.3, 0.4) is 0 Å². The molecular weight excluding hydrogens is 354 g/mol. The van der Waals surface area contributed by atoms with Gasteiger partial charge in [0.05, 0.1) is 12.4 Å². The van der Waals surface area contributed by atoms with Crippen molar-refractivity contribution >= 4 is 11.7 Å². The van der Waals surface area contributed by atoms with E-state index in [1.54, 1.807) is 13.1 Å². The Morgan fingerprint density at radius 2 is 1.82 bits per heavy atom. The molecule has 7 nitrogen and oxygen atoms in total. The Morgan fingerprint density at radius 3 is 2.54 bits per heavy atom. The molecule has 1 amide bonds. The average molecular weight is 388 g/mol. The maximum atomic E-state index is 11.6. The molecule has 1 saturated carbocycles. The van der Waals surface area contributed by atoms with Crippen molar-refractivity contribution in [1.29, 1.82) is 0 Å². The van der Waals surface area contributed by atoms with Crippen LogP contribution in [0.2, 0.25) is 0 Å². The third kappa shape index (κ3) is 4.40. The van der Waals surface area contributed by atoms with E-state index >= 15 is 0 Å². The lowest BCUT2D eigenvalue weighted by atomic mass is 9.98. The fraction of sp³-hybridized carbons (Fsp3) is 0.762. The van der Waals surface area contributed by atoms with Gasteiger partial charge in [-0.15, -0.1) is 0 Å². The van der Waals surface area contributed by atoms with Crippen LogP contribution in [0, 0.1) is 5.92 Å². The monoisotopic (exact) mass is 387 g/mol. The maximum absolute atomic E-state index is 11.6. The van der Waals surface area contributed by atoms with Gasteiger partial charge in [0.1, 0.15) is 6.10 Å². The Morgan fingerprint density at radius 1 is 1.07 bits per heavy atom. The summed E-state index contributed by atoms with van der Waals surface area (Å²) >= 11 is 0. The van der Waals surface area contributed by atoms with Crippen molar-refractivity contribution < 1.29 is 9.53 Å². The summed E-state index contributed by atoms with van der Waals surface area (Å²) in [7, 11) is 0. The zero-order valence-corrected chi connectivity index (χ0v) is 17.2. The van der Waals surface area contributed by atoms with Crippen LogP contribution < -0.4 is 9.64 Å². The molecule has 3 fully saturated rings. The average Bonchev–Trinajstić information content (AvgIpc) is 3.11. The maximum Gasteiger partial charge on any atom is 0.234 e. The lowest BCUT2D eigenvalue weighted by Crippen LogP contribution is -2.53. The Bertz CT molecular complexity index is 671. The number of carbonyl (C=O) groups excluding carboxylic acids is 1. The molecule has 3 aliphatic rings. The van der Waals surface area contributed by atoms with E-state index in [-0.39, 0.29) is 5.91 Å². The largest absolute Gasteiger partial charge is 0.473 e. The first-order valence-electron chi connectivity index (χ1n) is 10.8. The molecule has 2 saturated heterocycles. The summed E-state index contributed by atoms with van der Waals surface area (Å²) < 4.78 is 6.11. The number of hydrogen-bond acceptors (Lipinski definition) is 6. The fourth-order valence-electron chi connectivity index (χ4n) is 4.88. The number of amides is 1. The third-order valence-electron chi connectivity index (χ3n) is 6.56. The highest BCUT2D eigenvalue weighted by atomic mass is 16.5. The van der Waals surface area contributed by atoms with Crippen LogP contribution in [0.4, 0.5) is 5.82 Å². The summed E-state index contributed by atoms with van der Waals surface area (Å²) in [4.78, 5) is 27.6. The van der Waals surface area contributed by atoms with Gasteiger partial charge in [0.25, 0.3) is 0 Å². The summed E-state index contributed by atoms with van der Waals surface area (Å²) in [5.41, 5.74) is 0. The second-order valence-electron chi connectivity index (χ2n) is 8.59. The molecular formula is C21H33N5O2. The van der Waals surface area contributed by atoms with Crippen LogP contribution in [0.15, 0.2) is 12.4 Å². The van der Waals surface area contributed by atoms with Crippen LogP contribution in [0.25, 0.3) is 0 Å². The number of ether oxygens (including phenoxy) is 1. The smallest absolute Gasteiger partial charge is 0.234 e. The lowest BCUT2D eigenvalue weighted by Gasteiger charge is -2.38. The van der Waals surface area contributed by atoms with Crippen LogP contribution in [-0.4, -0.2) is 77.1 Å². The molecule has 1 aliphatic carbocycles. The van der Waals surface area contributed by atoms with Gasteiger partial charge in [-0.1, -0.05) is 13.3 Å². The van der Waals surface area contributed by atoms with Gasteiger partial charge in [-0.05, 0) is 31.6 Å². The van der Waals surface area contributed by atoms with E-state index in [2.05, 4.69) is 21.7 Å². The first-order chi connectivity index (χ1) is 13.6. The SMILES string of the molecule is CC(=O)N1CCN(C2CN(c3cncc(OC4CCCCC4)n3)CC2C)CC1. The predicted molar refractivity (Wildman–Crippen MR) is 109 cm³/mol. The van der Waals surface area contributed by atoms with Gasteiger partial charge in [-0.25, -0.2) is 0 Å². The summed E-state index contributed by atoms with van der Waals surface area (Å²) in [6, 6.07) is 0.499. The molecule has 4 rings (SSSR count). The molecule has 1 aromatic heterocycles. The number of piperazine rings is 1. The van der Waals surface area contributed by atoms with E-state index in [1.165, 1.54) is 19.3 Å². The molecule has 2 unspecified atom stereocenters. The van der Waals surface area contributed by atoms with Crippen molar-refractivity contribution in [2.75, 3.05) is 44.2 Å². The van der Waals surface area contributed by atoms with Crippen molar-refractivity contribution in [1.82, 2.24) is 19.8 Å². The topological polar surface area (TPSA) is 61.8 Å². The molecule has 0 N–H and O–H groups in total. The third-order valence-corrected chi connectivity index (χ3v) is 6.56. The van der Waals surface area contributed by atoms with E-state index in [9.17, 15) is 4.79 Å². The van der Waals surface area contributed by atoms with Crippen molar-refractivity contribution in [2.45, 2.75) is 58.1 Å². The van der Waals surface area contributed by atoms with E-state index in [0.29, 0.717) is 23.9 Å². The Labute approximate surface area is 168 Å². The zero-order chi connectivity index (χ0) is 19.5. The quantitative estimate of drug-likeness (QED) is 0.789. The minimum atomic E-state index is 0.186. The number of hydrogen-bond donors (Lipinski definition) is 0. The van der Waals surface area contributed by atoms with Crippen LogP contribution >= 0.6 is 0 Å². The van der Waals surface area contributed by atoms with Crippen molar-refractivity contribution in [3.63, 3.8) is 0 Å². The molecule has 2 atom stereocenters. The van der Waals surface area contributed by atoms with Gasteiger partial charge in [0, 0.05) is 52.2 Å². The second-order valence-corrected chi connectivity index (χ2v) is 8.59. The molecule has 28 heavy (non-hydrogen) atoms. The van der Waals surface area contributed by atoms with Gasteiger partial charge in [-0.2, -0.15) is 4.98 Å². The minimum Gasteiger partial charge on any atom is -0.473 e. The number of nitrogens with zero attached hydrogens (tertiary/aromatic N) is 5. The highest BCUT2D eigenvalue weighted by Gasteiger charge is 2.36. The molecule has 0 aromatic carbocycles. The molecule has 154 valence electrons. The number of aromatic nitrogens is 2. The van der Waals surface area contributed by atoms with Crippen molar-refractivity contribution in [3.8, 4) is 5.88 Å². The molecule has 2 aliphatic heterocycles. The molecule has 0 spiro atoms. The van der Waals surface area contributed by atoms with Gasteiger partial charge >= 0.3 is 0 Å². The van der Waals surface area contributed by atoms with E-state index in [0.717, 1.165) is 57.9 Å². The molecule has 7 heteroatoms. The van der Waals surface area contributed by atoms with Crippen molar-refractivity contribution in [2.24, 2.45) is 5.92 Å². The van der Waals surface area contributed by atoms with Crippen LogP contribution in [0.1, 0.15) is 46.0 Å². The number of carbonyl (C=O) groups is 1. The van der Waals surface area contributed by atoms with Crippen LogP contribution in [0.5, 0.6) is 5.88 Å². The minimum absolute atomic E-state index is 0.186. The fourth-order valence-corrected chi connectivity index (χ4v) is 4.88. The summed E-state index contributed by atoms with van der Waals surface area (Å²) in [6.45, 7) is 9.51. The Balaban J connectivity index is 1.36. The van der Waals surface area contributed by atoms with Crippen LogP contribution in [-0.2, 0) is 4.79 Å². The van der Waals surface area contributed by atoms with Crippen molar-refractivity contribution in [3.05, 3.63) is 12.4 Å². The van der Waals surface area contributed by atoms with Gasteiger partial charge < -0.3 is 14.5 Å². The van der Waals surface area contributed by atoms with E-state index < -0.39 is 0 Å². The predicted octanol–water partition coefficient (Wildman–Crippen LogP) is 2.18. The normalized spacial score (nSPS) is 27.2. The molecule has 3 heterocycles. The Hall–Kier alpha value is -1.89. The Kier molecular flexibility index (Phi) is 5.99. The zero-order valence-electron chi connectivity index (χ0n) is 17.2. The summed E-state index contributed by atoms with van der Waals surface area (Å²) in [5, 5.41) is 0. The first kappa shape index (κ1) is 19.4. The van der Waals surface area contributed by atoms with Gasteiger partial charge in [0.15, 0.2) is 5.82 Å². The molecule has 0 bridgehead atoms. The summed E-state index contributed by atoms with van der Waals surface area (Å²) in [5.74, 6) is 2.33. The second kappa shape index (κ2) is 8.64. The standard InChI is InChI=1S/C21H33N5O2/c1-16-14-26(15-19(16)25-10-8-24(9-11-25)17(2)27)20-12-22-13-21(23-20)28-18-6-4-3-5-7-18/h12-13,16,18-19H,3-11,14-15H2,1-2H3. The number of anilines is 1. The summed E-state index contributed by atoms with van der Waals surface area (Å²) in [6.07, 6.45) is 9.97. The highest BCUT2D eigenvalue weighted by molar-refractivity contribution is 5.73. The van der Waals surface area contributed by atoms with E-state index in [1.807, 2.05) is 11.1 Å². The highest BCUT2D eigenvalue weighted by Crippen LogP contribution is 2.28. The van der Waals surface area contributed by atoms with Gasteiger partial charge in [0.2, 0.25) is 11.8 Å². The molecule has 1 aromatic rings. The van der Waals surface area contributed by atoms with Gasteiger partial charge in [-0.3, -0.25) is 14.7 Å². The molecule has 0 radical (unpaired) electrons. The van der Waals surface area contributed by atoms with E-state index in [4.69, 9.17) is 9.72 Å².